The first-order valence-corrected chi connectivity index (χ1v) is 5.80. The topological polar surface area (TPSA) is 80.7 Å². The van der Waals surface area contributed by atoms with Gasteiger partial charge in [0, 0.05) is 0 Å². The number of rotatable bonds is 4. The summed E-state index contributed by atoms with van der Waals surface area (Å²) in [6, 6.07) is 7.61. The molecule has 0 atom stereocenters. The molecule has 19 heavy (non-hydrogen) atoms. The third kappa shape index (κ3) is 3.46. The minimum absolute atomic E-state index is 0.263. The molecule has 2 aromatic rings. The van der Waals surface area contributed by atoms with Crippen molar-refractivity contribution in [2.75, 3.05) is 5.43 Å². The molecule has 6 nitrogen and oxygen atoms in total. The first-order valence-electron chi connectivity index (χ1n) is 5.04. The van der Waals surface area contributed by atoms with E-state index < -0.39 is 4.92 Å². The van der Waals surface area contributed by atoms with E-state index in [1.165, 1.54) is 18.3 Å². The largest absolute Gasteiger partial charge is 0.433 e. The van der Waals surface area contributed by atoms with Gasteiger partial charge in [-0.2, -0.15) is 5.10 Å². The van der Waals surface area contributed by atoms with Gasteiger partial charge >= 0.3 is 5.88 Å². The molecule has 1 N–H and O–H groups in total. The molecular weight excluding hydrogens is 293 g/mol. The van der Waals surface area contributed by atoms with Crippen molar-refractivity contribution in [1.29, 1.82) is 0 Å². The summed E-state index contributed by atoms with van der Waals surface area (Å²) in [7, 11) is 0. The number of hydrazone groups is 1. The van der Waals surface area contributed by atoms with Gasteiger partial charge in [-0.15, -0.1) is 0 Å². The van der Waals surface area contributed by atoms with Crippen molar-refractivity contribution < 1.29 is 9.34 Å². The summed E-state index contributed by atoms with van der Waals surface area (Å²) in [6.45, 7) is 0. The summed E-state index contributed by atoms with van der Waals surface area (Å²) in [5.74, 6) is -0.0738. The first-order chi connectivity index (χ1) is 9.06. The van der Waals surface area contributed by atoms with E-state index in [1.54, 1.807) is 18.2 Å². The fraction of sp³-hybridized carbons (Fsp3) is 0. The lowest BCUT2D eigenvalue weighted by atomic mass is 10.3. The minimum Gasteiger partial charge on any atom is -0.400 e. The molecule has 0 saturated carbocycles. The molecule has 1 aromatic heterocycles. The van der Waals surface area contributed by atoms with Crippen LogP contribution in [-0.4, -0.2) is 11.1 Å². The zero-order valence-corrected chi connectivity index (χ0v) is 10.9. The summed E-state index contributed by atoms with van der Waals surface area (Å²) in [5, 5.41) is 15.1. The highest BCUT2D eigenvalue weighted by Crippen LogP contribution is 2.24. The number of benzene rings is 1. The highest BCUT2D eigenvalue weighted by molar-refractivity contribution is 6.42. The van der Waals surface area contributed by atoms with Gasteiger partial charge in [-0.25, -0.2) is 0 Å². The molecule has 0 saturated heterocycles. The van der Waals surface area contributed by atoms with Gasteiger partial charge in [0.2, 0.25) is 0 Å². The van der Waals surface area contributed by atoms with Crippen LogP contribution in [-0.2, 0) is 0 Å². The molecule has 0 aliphatic rings. The average Bonchev–Trinajstić information content (AvgIpc) is 2.83. The molecule has 8 heteroatoms. The number of nitrogens with zero attached hydrogens (tertiary/aromatic N) is 2. The fourth-order valence-electron chi connectivity index (χ4n) is 1.25. The molecule has 0 amide bonds. The Labute approximate surface area is 117 Å². The maximum absolute atomic E-state index is 10.4. The van der Waals surface area contributed by atoms with Crippen molar-refractivity contribution in [3.8, 4) is 0 Å². The predicted molar refractivity (Wildman–Crippen MR) is 73.0 cm³/mol. The summed E-state index contributed by atoms with van der Waals surface area (Å²) in [4.78, 5) is 9.78. The van der Waals surface area contributed by atoms with Crippen molar-refractivity contribution in [2.45, 2.75) is 0 Å². The SMILES string of the molecule is O=[N+]([O-])c1ccc(/C=N\Nc2ccc(Cl)c(Cl)c2)o1. The molecule has 0 aliphatic heterocycles. The minimum atomic E-state index is -0.621. The zero-order chi connectivity index (χ0) is 13.8. The molecule has 0 unspecified atom stereocenters. The number of furan rings is 1. The number of anilines is 1. The van der Waals surface area contributed by atoms with Gasteiger partial charge in [0.25, 0.3) is 0 Å². The van der Waals surface area contributed by atoms with E-state index in [0.29, 0.717) is 15.7 Å². The van der Waals surface area contributed by atoms with Crippen LogP contribution in [0, 0.1) is 10.1 Å². The van der Waals surface area contributed by atoms with Crippen LogP contribution in [0.15, 0.2) is 39.9 Å². The van der Waals surface area contributed by atoms with Crippen LogP contribution in [0.1, 0.15) is 5.76 Å². The summed E-state index contributed by atoms with van der Waals surface area (Å²) in [6.07, 6.45) is 1.31. The average molecular weight is 300 g/mol. The Bertz CT molecular complexity index is 640. The van der Waals surface area contributed by atoms with Gasteiger partial charge in [0.15, 0.2) is 5.76 Å². The first kappa shape index (κ1) is 13.4. The Balaban J connectivity index is 2.02. The van der Waals surface area contributed by atoms with Crippen molar-refractivity contribution in [2.24, 2.45) is 5.10 Å². The molecule has 0 aliphatic carbocycles. The Morgan fingerprint density at radius 3 is 2.68 bits per heavy atom. The smallest absolute Gasteiger partial charge is 0.400 e. The molecule has 1 aromatic carbocycles. The van der Waals surface area contributed by atoms with Gasteiger partial charge in [0.1, 0.15) is 4.92 Å². The standard InChI is InChI=1S/C11H7Cl2N3O3/c12-9-3-1-7(5-10(9)13)15-14-6-8-2-4-11(19-8)16(17)18/h1-6,15H/b14-6-. The van der Waals surface area contributed by atoms with Crippen LogP contribution in [0.2, 0.25) is 10.0 Å². The summed E-state index contributed by atoms with van der Waals surface area (Å²) >= 11 is 11.6. The van der Waals surface area contributed by atoms with Gasteiger partial charge in [-0.05, 0) is 24.3 Å². The Morgan fingerprint density at radius 2 is 2.05 bits per heavy atom. The van der Waals surface area contributed by atoms with E-state index in [-0.39, 0.29) is 11.6 Å². The second-order valence-electron chi connectivity index (χ2n) is 3.43. The Morgan fingerprint density at radius 1 is 1.26 bits per heavy atom. The van der Waals surface area contributed by atoms with E-state index in [9.17, 15) is 10.1 Å². The molecule has 98 valence electrons. The number of hydrogen-bond donors (Lipinski definition) is 1. The maximum atomic E-state index is 10.4. The molecule has 0 bridgehead atoms. The van der Waals surface area contributed by atoms with Crippen LogP contribution in [0.25, 0.3) is 0 Å². The Kier molecular flexibility index (Phi) is 4.03. The lowest BCUT2D eigenvalue weighted by Crippen LogP contribution is -1.89. The highest BCUT2D eigenvalue weighted by Gasteiger charge is 2.10. The zero-order valence-electron chi connectivity index (χ0n) is 9.34. The van der Waals surface area contributed by atoms with Crippen molar-refractivity contribution in [1.82, 2.24) is 0 Å². The molecule has 1 heterocycles. The van der Waals surface area contributed by atoms with Gasteiger partial charge in [-0.3, -0.25) is 15.5 Å². The van der Waals surface area contributed by atoms with E-state index >= 15 is 0 Å². The lowest BCUT2D eigenvalue weighted by molar-refractivity contribution is -0.402. The molecular formula is C11H7Cl2N3O3. The molecule has 0 fully saturated rings. The van der Waals surface area contributed by atoms with Crippen LogP contribution >= 0.6 is 23.2 Å². The number of hydrogen-bond acceptors (Lipinski definition) is 5. The van der Waals surface area contributed by atoms with Crippen LogP contribution < -0.4 is 5.43 Å². The second-order valence-corrected chi connectivity index (χ2v) is 4.25. The fourth-order valence-corrected chi connectivity index (χ4v) is 1.54. The maximum Gasteiger partial charge on any atom is 0.433 e. The van der Waals surface area contributed by atoms with Crippen LogP contribution in [0.4, 0.5) is 11.6 Å². The quantitative estimate of drug-likeness (QED) is 0.527. The number of halogens is 2. The second kappa shape index (κ2) is 5.73. The highest BCUT2D eigenvalue weighted by atomic mass is 35.5. The van der Waals surface area contributed by atoms with Crippen molar-refractivity contribution in [3.63, 3.8) is 0 Å². The lowest BCUT2D eigenvalue weighted by Gasteiger charge is -2.01. The normalized spacial score (nSPS) is 10.8. The van der Waals surface area contributed by atoms with Crippen LogP contribution in [0.3, 0.4) is 0 Å². The number of nitrogens with one attached hydrogen (secondary N) is 1. The number of nitro groups is 1. The summed E-state index contributed by atoms with van der Waals surface area (Å²) < 4.78 is 4.89. The van der Waals surface area contributed by atoms with Crippen molar-refractivity contribution in [3.05, 3.63) is 56.3 Å². The van der Waals surface area contributed by atoms with E-state index in [2.05, 4.69) is 10.5 Å². The molecule has 2 rings (SSSR count). The van der Waals surface area contributed by atoms with Crippen molar-refractivity contribution >= 4 is 41.0 Å². The third-order valence-electron chi connectivity index (χ3n) is 2.10. The van der Waals surface area contributed by atoms with E-state index in [1.807, 2.05) is 0 Å². The van der Waals surface area contributed by atoms with Gasteiger partial charge in [-0.1, -0.05) is 23.2 Å². The summed E-state index contributed by atoms with van der Waals surface area (Å²) in [5.41, 5.74) is 3.33. The van der Waals surface area contributed by atoms with Gasteiger partial charge in [0.05, 0.1) is 28.0 Å². The Hall–Kier alpha value is -2.05. The monoisotopic (exact) mass is 299 g/mol. The molecule has 0 radical (unpaired) electrons. The third-order valence-corrected chi connectivity index (χ3v) is 2.84. The predicted octanol–water partition coefficient (Wildman–Crippen LogP) is 3.94. The van der Waals surface area contributed by atoms with E-state index in [4.69, 9.17) is 27.6 Å². The molecule has 0 spiro atoms. The van der Waals surface area contributed by atoms with Crippen LogP contribution in [0.5, 0.6) is 0 Å². The van der Waals surface area contributed by atoms with Gasteiger partial charge < -0.3 is 4.42 Å². The van der Waals surface area contributed by atoms with E-state index in [0.717, 1.165) is 0 Å².